The highest BCUT2D eigenvalue weighted by atomic mass is 19.1. The topological polar surface area (TPSA) is 52.6 Å². The lowest BCUT2D eigenvalue weighted by atomic mass is 9.89. The maximum atomic E-state index is 13.7. The normalized spacial score (nSPS) is 23.2. The zero-order chi connectivity index (χ0) is 15.8. The first-order valence-corrected chi connectivity index (χ1v) is 7.24. The number of rotatable bonds is 3. The van der Waals surface area contributed by atoms with Crippen molar-refractivity contribution >= 4 is 11.6 Å². The molecule has 0 bridgehead atoms. The minimum atomic E-state index is -0.748. The van der Waals surface area contributed by atoms with Gasteiger partial charge in [0.25, 0.3) is 0 Å². The van der Waals surface area contributed by atoms with Crippen LogP contribution in [-0.4, -0.2) is 31.2 Å². The lowest BCUT2D eigenvalue weighted by Crippen LogP contribution is -2.39. The molecule has 0 saturated carbocycles. The zero-order valence-corrected chi connectivity index (χ0v) is 13.0. The third-order valence-electron chi connectivity index (χ3n) is 4.35. The summed E-state index contributed by atoms with van der Waals surface area (Å²) < 4.78 is 13.7. The van der Waals surface area contributed by atoms with Crippen LogP contribution in [0.1, 0.15) is 37.5 Å². The standard InChI is InChI=1S/C16H23FN2O2/c1-10-7-14(12(11(2)20)8-13(10)17)19-6-5-16(3,9-19)15(21)18-4/h7-8,11,20H,5-6,9H2,1-4H3,(H,18,21). The molecule has 2 rings (SSSR count). The van der Waals surface area contributed by atoms with Crippen LogP contribution in [-0.2, 0) is 4.79 Å². The highest BCUT2D eigenvalue weighted by Gasteiger charge is 2.40. The number of aliphatic hydroxyl groups is 1. The summed E-state index contributed by atoms with van der Waals surface area (Å²) in [5, 5.41) is 12.6. The van der Waals surface area contributed by atoms with Crippen molar-refractivity contribution in [3.05, 3.63) is 29.1 Å². The van der Waals surface area contributed by atoms with E-state index in [1.54, 1.807) is 27.0 Å². The van der Waals surface area contributed by atoms with Crippen molar-refractivity contribution in [3.63, 3.8) is 0 Å². The van der Waals surface area contributed by atoms with E-state index >= 15 is 0 Å². The second-order valence-corrected chi connectivity index (χ2v) is 6.15. The summed E-state index contributed by atoms with van der Waals surface area (Å²) in [4.78, 5) is 14.1. The number of hydrogen-bond donors (Lipinski definition) is 2. The SMILES string of the molecule is CNC(=O)C1(C)CCN(c2cc(C)c(F)cc2C(C)O)C1. The average molecular weight is 294 g/mol. The zero-order valence-electron chi connectivity index (χ0n) is 13.0. The lowest BCUT2D eigenvalue weighted by molar-refractivity contribution is -0.128. The van der Waals surface area contributed by atoms with Gasteiger partial charge in [-0.15, -0.1) is 0 Å². The van der Waals surface area contributed by atoms with Gasteiger partial charge in [-0.1, -0.05) is 0 Å². The lowest BCUT2D eigenvalue weighted by Gasteiger charge is -2.26. The van der Waals surface area contributed by atoms with Gasteiger partial charge in [-0.2, -0.15) is 0 Å². The Balaban J connectivity index is 2.36. The van der Waals surface area contributed by atoms with Gasteiger partial charge >= 0.3 is 0 Å². The molecule has 0 aromatic heterocycles. The van der Waals surface area contributed by atoms with E-state index in [1.807, 2.05) is 6.92 Å². The summed E-state index contributed by atoms with van der Waals surface area (Å²) >= 11 is 0. The van der Waals surface area contributed by atoms with Gasteiger partial charge in [-0.05, 0) is 44.9 Å². The quantitative estimate of drug-likeness (QED) is 0.898. The van der Waals surface area contributed by atoms with Crippen molar-refractivity contribution in [1.82, 2.24) is 5.32 Å². The van der Waals surface area contributed by atoms with Crippen LogP contribution in [0, 0.1) is 18.2 Å². The van der Waals surface area contributed by atoms with Gasteiger partial charge in [0, 0.05) is 31.4 Å². The molecule has 1 aromatic carbocycles. The first-order chi connectivity index (χ1) is 9.78. The molecule has 1 saturated heterocycles. The molecule has 5 heteroatoms. The largest absolute Gasteiger partial charge is 0.389 e. The Kier molecular flexibility index (Phi) is 4.23. The second-order valence-electron chi connectivity index (χ2n) is 6.15. The number of aryl methyl sites for hydroxylation is 1. The number of halogens is 1. The molecule has 0 aliphatic carbocycles. The number of nitrogens with one attached hydrogen (secondary N) is 1. The maximum absolute atomic E-state index is 13.7. The van der Waals surface area contributed by atoms with Crippen LogP contribution >= 0.6 is 0 Å². The summed E-state index contributed by atoms with van der Waals surface area (Å²) in [5.74, 6) is -0.301. The third kappa shape index (κ3) is 2.88. The van der Waals surface area contributed by atoms with E-state index in [1.165, 1.54) is 6.07 Å². The molecule has 116 valence electrons. The van der Waals surface area contributed by atoms with Crippen LogP contribution in [0.15, 0.2) is 12.1 Å². The van der Waals surface area contributed by atoms with E-state index in [0.29, 0.717) is 24.2 Å². The minimum Gasteiger partial charge on any atom is -0.389 e. The molecule has 1 fully saturated rings. The minimum absolute atomic E-state index is 0.0161. The van der Waals surface area contributed by atoms with Gasteiger partial charge < -0.3 is 15.3 Å². The predicted molar refractivity (Wildman–Crippen MR) is 80.8 cm³/mol. The molecular weight excluding hydrogens is 271 g/mol. The number of nitrogens with zero attached hydrogens (tertiary/aromatic N) is 1. The van der Waals surface area contributed by atoms with E-state index in [-0.39, 0.29) is 11.7 Å². The summed E-state index contributed by atoms with van der Waals surface area (Å²) in [6.45, 7) is 6.55. The van der Waals surface area contributed by atoms with Crippen LogP contribution in [0.5, 0.6) is 0 Å². The first-order valence-electron chi connectivity index (χ1n) is 7.24. The van der Waals surface area contributed by atoms with E-state index in [0.717, 1.165) is 12.1 Å². The number of hydrogen-bond acceptors (Lipinski definition) is 3. The van der Waals surface area contributed by atoms with Crippen molar-refractivity contribution in [1.29, 1.82) is 0 Å². The smallest absolute Gasteiger partial charge is 0.227 e. The number of amides is 1. The summed E-state index contributed by atoms with van der Waals surface area (Å²) in [6, 6.07) is 3.15. The Labute approximate surface area is 125 Å². The molecule has 1 aromatic rings. The summed E-state index contributed by atoms with van der Waals surface area (Å²) in [6.07, 6.45) is -0.00975. The Morgan fingerprint density at radius 1 is 1.52 bits per heavy atom. The Hall–Kier alpha value is -1.62. The Morgan fingerprint density at radius 2 is 2.19 bits per heavy atom. The van der Waals surface area contributed by atoms with E-state index < -0.39 is 11.5 Å². The third-order valence-corrected chi connectivity index (χ3v) is 4.35. The average Bonchev–Trinajstić information content (AvgIpc) is 2.84. The molecule has 21 heavy (non-hydrogen) atoms. The van der Waals surface area contributed by atoms with E-state index in [2.05, 4.69) is 10.2 Å². The van der Waals surface area contributed by atoms with Crippen molar-refractivity contribution in [2.24, 2.45) is 5.41 Å². The van der Waals surface area contributed by atoms with Crippen LogP contribution < -0.4 is 10.2 Å². The van der Waals surface area contributed by atoms with Crippen LogP contribution in [0.2, 0.25) is 0 Å². The highest BCUT2D eigenvalue weighted by Crippen LogP contribution is 2.37. The fourth-order valence-electron chi connectivity index (χ4n) is 2.94. The summed E-state index contributed by atoms with van der Waals surface area (Å²) in [7, 11) is 1.64. The van der Waals surface area contributed by atoms with Crippen LogP contribution in [0.3, 0.4) is 0 Å². The second kappa shape index (κ2) is 5.64. The van der Waals surface area contributed by atoms with Crippen molar-refractivity contribution in [3.8, 4) is 0 Å². The Bertz CT molecular complexity index is 559. The van der Waals surface area contributed by atoms with E-state index in [4.69, 9.17) is 0 Å². The van der Waals surface area contributed by atoms with Crippen LogP contribution in [0.25, 0.3) is 0 Å². The fraction of sp³-hybridized carbons (Fsp3) is 0.562. The molecule has 4 nitrogen and oxygen atoms in total. The van der Waals surface area contributed by atoms with Gasteiger partial charge in [0.2, 0.25) is 5.91 Å². The molecule has 1 aliphatic rings. The number of carbonyl (C=O) groups excluding carboxylic acids is 1. The number of anilines is 1. The van der Waals surface area contributed by atoms with Gasteiger partial charge in [-0.25, -0.2) is 4.39 Å². The molecule has 0 radical (unpaired) electrons. The molecule has 1 aliphatic heterocycles. The molecular formula is C16H23FN2O2. The molecule has 0 spiro atoms. The van der Waals surface area contributed by atoms with Crippen molar-refractivity contribution < 1.29 is 14.3 Å². The number of benzene rings is 1. The Morgan fingerprint density at radius 3 is 2.76 bits per heavy atom. The molecule has 2 N–H and O–H groups in total. The predicted octanol–water partition coefficient (Wildman–Crippen LogP) is 2.15. The molecule has 1 heterocycles. The molecule has 2 atom stereocenters. The molecule has 2 unspecified atom stereocenters. The summed E-state index contributed by atoms with van der Waals surface area (Å²) in [5.41, 5.74) is 1.48. The number of carbonyl (C=O) groups is 1. The van der Waals surface area contributed by atoms with Gasteiger partial charge in [0.1, 0.15) is 5.82 Å². The number of aliphatic hydroxyl groups excluding tert-OH is 1. The van der Waals surface area contributed by atoms with Gasteiger partial charge in [0.15, 0.2) is 0 Å². The van der Waals surface area contributed by atoms with Gasteiger partial charge in [0.05, 0.1) is 11.5 Å². The maximum Gasteiger partial charge on any atom is 0.227 e. The monoisotopic (exact) mass is 294 g/mol. The van der Waals surface area contributed by atoms with Gasteiger partial charge in [-0.3, -0.25) is 4.79 Å². The van der Waals surface area contributed by atoms with Crippen molar-refractivity contribution in [2.45, 2.75) is 33.3 Å². The first kappa shape index (κ1) is 15.8. The van der Waals surface area contributed by atoms with Crippen LogP contribution in [0.4, 0.5) is 10.1 Å². The fourth-order valence-corrected chi connectivity index (χ4v) is 2.94. The van der Waals surface area contributed by atoms with E-state index in [9.17, 15) is 14.3 Å². The highest BCUT2D eigenvalue weighted by molar-refractivity contribution is 5.83. The van der Waals surface area contributed by atoms with Crippen molar-refractivity contribution in [2.75, 3.05) is 25.0 Å². The molecule has 1 amide bonds.